The third-order valence-corrected chi connectivity index (χ3v) is 2.05. The molecule has 1 N–H and O–H groups in total. The molecule has 0 unspecified atom stereocenters. The molecule has 0 heterocycles. The van der Waals surface area contributed by atoms with Gasteiger partial charge in [0.1, 0.15) is 5.60 Å². The second-order valence-corrected chi connectivity index (χ2v) is 2.67. The van der Waals surface area contributed by atoms with Crippen molar-refractivity contribution in [2.45, 2.75) is 39.2 Å². The van der Waals surface area contributed by atoms with Crippen LogP contribution in [0.3, 0.4) is 0 Å². The third kappa shape index (κ3) is 2.41. The van der Waals surface area contributed by atoms with E-state index in [1.807, 2.05) is 20.8 Å². The van der Waals surface area contributed by atoms with Crippen molar-refractivity contribution in [3.8, 4) is 0 Å². The van der Waals surface area contributed by atoms with Crippen LogP contribution in [0, 0.1) is 0 Å². The molecule has 0 saturated carbocycles. The number of amidine groups is 1. The van der Waals surface area contributed by atoms with Crippen LogP contribution < -0.4 is 0 Å². The Balaban J connectivity index is 4.68. The molecule has 0 saturated heterocycles. The zero-order chi connectivity index (χ0) is 9.61. The fourth-order valence-electron chi connectivity index (χ4n) is 1.07. The van der Waals surface area contributed by atoms with Gasteiger partial charge in [0, 0.05) is 13.3 Å². The molecule has 0 aliphatic rings. The minimum atomic E-state index is -0.846. The summed E-state index contributed by atoms with van der Waals surface area (Å²) in [6, 6.07) is 0. The highest BCUT2D eigenvalue weighted by Crippen LogP contribution is 2.17. The summed E-state index contributed by atoms with van der Waals surface area (Å²) in [6.45, 7) is 5.68. The number of aliphatic hydroxyl groups is 1. The first-order chi connectivity index (χ1) is 5.64. The van der Waals surface area contributed by atoms with Gasteiger partial charge in [-0.2, -0.15) is 0 Å². The Morgan fingerprint density at radius 2 is 1.92 bits per heavy atom. The first kappa shape index (κ1) is 11.3. The molecular formula is C9H18N2O. The summed E-state index contributed by atoms with van der Waals surface area (Å²) in [6.07, 6.45) is 2.94. The Morgan fingerprint density at radius 1 is 1.42 bits per heavy atom. The molecule has 0 aliphatic heterocycles. The molecule has 0 radical (unpaired) electrons. The Labute approximate surface area is 74.2 Å². The Morgan fingerprint density at radius 3 is 2.17 bits per heavy atom. The molecule has 0 rings (SSSR count). The lowest BCUT2D eigenvalue weighted by atomic mass is 9.96. The Hall–Kier alpha value is -0.700. The first-order valence-electron chi connectivity index (χ1n) is 4.32. The van der Waals surface area contributed by atoms with Crippen LogP contribution in [0.15, 0.2) is 9.98 Å². The second-order valence-electron chi connectivity index (χ2n) is 2.67. The number of aliphatic imine (C=N–C) groups is 2. The molecule has 0 fully saturated rings. The first-order valence-corrected chi connectivity index (χ1v) is 4.32. The molecule has 0 aliphatic carbocycles. The summed E-state index contributed by atoms with van der Waals surface area (Å²) >= 11 is 0. The van der Waals surface area contributed by atoms with Gasteiger partial charge < -0.3 is 5.11 Å². The van der Waals surface area contributed by atoms with Gasteiger partial charge in [-0.3, -0.25) is 4.99 Å². The molecule has 0 aromatic rings. The van der Waals surface area contributed by atoms with Crippen molar-refractivity contribution in [3.63, 3.8) is 0 Å². The van der Waals surface area contributed by atoms with Crippen molar-refractivity contribution in [3.05, 3.63) is 0 Å². The highest BCUT2D eigenvalue weighted by atomic mass is 16.3. The topological polar surface area (TPSA) is 45.0 Å². The summed E-state index contributed by atoms with van der Waals surface area (Å²) in [4.78, 5) is 7.99. The average Bonchev–Trinajstić information content (AvgIpc) is 2.13. The van der Waals surface area contributed by atoms with Crippen molar-refractivity contribution >= 4 is 12.1 Å². The van der Waals surface area contributed by atoms with E-state index in [1.54, 1.807) is 13.3 Å². The summed E-state index contributed by atoms with van der Waals surface area (Å²) < 4.78 is 0. The van der Waals surface area contributed by atoms with E-state index >= 15 is 0 Å². The van der Waals surface area contributed by atoms with Crippen LogP contribution in [-0.4, -0.2) is 29.8 Å². The van der Waals surface area contributed by atoms with Crippen LogP contribution in [0.25, 0.3) is 0 Å². The minimum Gasteiger partial charge on any atom is -0.382 e. The molecule has 3 nitrogen and oxygen atoms in total. The lowest BCUT2D eigenvalue weighted by molar-refractivity contribution is 0.102. The molecule has 0 aromatic carbocycles. The van der Waals surface area contributed by atoms with Crippen LogP contribution in [0.2, 0.25) is 0 Å². The number of hydrogen-bond acceptors (Lipinski definition) is 2. The van der Waals surface area contributed by atoms with Crippen LogP contribution in [0.4, 0.5) is 0 Å². The van der Waals surface area contributed by atoms with Crippen molar-refractivity contribution in [1.29, 1.82) is 0 Å². The smallest absolute Gasteiger partial charge is 0.154 e. The predicted molar refractivity (Wildman–Crippen MR) is 53.1 cm³/mol. The van der Waals surface area contributed by atoms with Gasteiger partial charge in [0.05, 0.1) is 0 Å². The van der Waals surface area contributed by atoms with Gasteiger partial charge in [-0.25, -0.2) is 4.99 Å². The zero-order valence-electron chi connectivity index (χ0n) is 8.33. The monoisotopic (exact) mass is 170 g/mol. The highest BCUT2D eigenvalue weighted by molar-refractivity contribution is 5.95. The third-order valence-electron chi connectivity index (χ3n) is 2.05. The van der Waals surface area contributed by atoms with Gasteiger partial charge in [-0.1, -0.05) is 13.8 Å². The quantitative estimate of drug-likeness (QED) is 0.508. The zero-order valence-corrected chi connectivity index (χ0v) is 8.33. The molecule has 0 spiro atoms. The molecule has 0 aromatic heterocycles. The summed E-state index contributed by atoms with van der Waals surface area (Å²) in [5, 5.41) is 9.98. The fourth-order valence-corrected chi connectivity index (χ4v) is 1.07. The standard InChI is InChI=1S/C9H18N2O/c1-5-9(12,6-2)8(10-4)11-7-3/h7,12H,5-6H2,1-4H3. The van der Waals surface area contributed by atoms with Crippen LogP contribution >= 0.6 is 0 Å². The van der Waals surface area contributed by atoms with E-state index < -0.39 is 5.60 Å². The molecule has 0 atom stereocenters. The highest BCUT2D eigenvalue weighted by Gasteiger charge is 2.28. The van der Waals surface area contributed by atoms with Gasteiger partial charge in [0.15, 0.2) is 5.84 Å². The van der Waals surface area contributed by atoms with E-state index in [4.69, 9.17) is 0 Å². The molecular weight excluding hydrogens is 152 g/mol. The minimum absolute atomic E-state index is 0.523. The SMILES string of the molecule is CC=NC(=NC)C(O)(CC)CC. The van der Waals surface area contributed by atoms with Crippen molar-refractivity contribution in [2.24, 2.45) is 9.98 Å². The predicted octanol–water partition coefficient (Wildman–Crippen LogP) is 1.66. The number of rotatable bonds is 3. The van der Waals surface area contributed by atoms with E-state index in [0.717, 1.165) is 0 Å². The normalized spacial score (nSPS) is 14.2. The largest absolute Gasteiger partial charge is 0.382 e. The van der Waals surface area contributed by atoms with Gasteiger partial charge in [0.25, 0.3) is 0 Å². The summed E-state index contributed by atoms with van der Waals surface area (Å²) in [7, 11) is 1.65. The number of hydrogen-bond donors (Lipinski definition) is 1. The van der Waals surface area contributed by atoms with Crippen molar-refractivity contribution in [2.75, 3.05) is 7.05 Å². The summed E-state index contributed by atoms with van der Waals surface area (Å²) in [5.74, 6) is 0.523. The van der Waals surface area contributed by atoms with Crippen molar-refractivity contribution < 1.29 is 5.11 Å². The van der Waals surface area contributed by atoms with E-state index in [2.05, 4.69) is 9.98 Å². The maximum absolute atomic E-state index is 9.98. The molecule has 70 valence electrons. The molecule has 12 heavy (non-hydrogen) atoms. The Bertz CT molecular complexity index is 181. The maximum Gasteiger partial charge on any atom is 0.154 e. The van der Waals surface area contributed by atoms with E-state index in [9.17, 15) is 5.11 Å². The lowest BCUT2D eigenvalue weighted by Crippen LogP contribution is -2.36. The van der Waals surface area contributed by atoms with E-state index in [1.165, 1.54) is 0 Å². The molecule has 0 amide bonds. The van der Waals surface area contributed by atoms with Gasteiger partial charge in [-0.15, -0.1) is 0 Å². The average molecular weight is 170 g/mol. The van der Waals surface area contributed by atoms with E-state index in [-0.39, 0.29) is 0 Å². The number of nitrogens with zero attached hydrogens (tertiary/aromatic N) is 2. The fraction of sp³-hybridized carbons (Fsp3) is 0.778. The van der Waals surface area contributed by atoms with Gasteiger partial charge in [-0.05, 0) is 19.8 Å². The van der Waals surface area contributed by atoms with Crippen LogP contribution in [0.1, 0.15) is 33.6 Å². The molecule has 3 heteroatoms. The Kier molecular flexibility index (Phi) is 4.74. The van der Waals surface area contributed by atoms with E-state index in [0.29, 0.717) is 18.7 Å². The summed E-state index contributed by atoms with van der Waals surface area (Å²) in [5.41, 5.74) is -0.846. The molecule has 0 bridgehead atoms. The van der Waals surface area contributed by atoms with Gasteiger partial charge in [0.2, 0.25) is 0 Å². The van der Waals surface area contributed by atoms with Crippen molar-refractivity contribution in [1.82, 2.24) is 0 Å². The lowest BCUT2D eigenvalue weighted by Gasteiger charge is -2.23. The maximum atomic E-state index is 9.98. The van der Waals surface area contributed by atoms with Gasteiger partial charge >= 0.3 is 0 Å². The van der Waals surface area contributed by atoms with Crippen LogP contribution in [-0.2, 0) is 0 Å². The van der Waals surface area contributed by atoms with Crippen LogP contribution in [0.5, 0.6) is 0 Å². The second kappa shape index (κ2) is 5.04.